The Morgan fingerprint density at radius 3 is 2.37 bits per heavy atom. The van der Waals surface area contributed by atoms with Crippen LogP contribution in [0, 0.1) is 23.0 Å². The third-order valence-corrected chi connectivity index (χ3v) is 6.32. The molecule has 9 nitrogen and oxygen atoms in total. The van der Waals surface area contributed by atoms with Gasteiger partial charge in [-0.3, -0.25) is 19.7 Å². The standard InChI is InChI=1S/C28H34ClN5O4/c1-18(2)13-14-32(27(36)20-8-7-19(3)23(15-20)34(37)38)17-26(35)30-25-16-24(28(4,5)6)31-33(25)22-11-9-21(29)10-12-22/h7-12,15-16,18H,13-14,17H2,1-6H3,(H,30,35). The smallest absolute Gasteiger partial charge is 0.273 e. The molecule has 2 amide bonds. The van der Waals surface area contributed by atoms with Crippen molar-refractivity contribution in [2.45, 2.75) is 53.4 Å². The second kappa shape index (κ2) is 11.8. The Labute approximate surface area is 227 Å². The second-order valence-corrected chi connectivity index (χ2v) is 11.2. The molecule has 0 bridgehead atoms. The van der Waals surface area contributed by atoms with Gasteiger partial charge in [-0.15, -0.1) is 0 Å². The summed E-state index contributed by atoms with van der Waals surface area (Å²) in [7, 11) is 0. The molecule has 1 heterocycles. The fourth-order valence-electron chi connectivity index (χ4n) is 3.76. The summed E-state index contributed by atoms with van der Waals surface area (Å²) in [6, 6.07) is 13.3. The normalized spacial score (nSPS) is 11.5. The zero-order chi connectivity index (χ0) is 28.2. The van der Waals surface area contributed by atoms with Crippen LogP contribution >= 0.6 is 11.6 Å². The molecule has 3 aromatic rings. The first-order valence-corrected chi connectivity index (χ1v) is 12.8. The molecule has 38 heavy (non-hydrogen) atoms. The number of anilines is 1. The van der Waals surface area contributed by atoms with Crippen molar-refractivity contribution >= 4 is 34.9 Å². The summed E-state index contributed by atoms with van der Waals surface area (Å²) < 4.78 is 1.64. The van der Waals surface area contributed by atoms with Gasteiger partial charge in [-0.2, -0.15) is 5.10 Å². The van der Waals surface area contributed by atoms with Crippen LogP contribution in [0.3, 0.4) is 0 Å². The van der Waals surface area contributed by atoms with Crippen molar-refractivity contribution in [1.82, 2.24) is 14.7 Å². The molecule has 202 valence electrons. The van der Waals surface area contributed by atoms with Gasteiger partial charge in [-0.25, -0.2) is 4.68 Å². The molecule has 0 fully saturated rings. The van der Waals surface area contributed by atoms with E-state index in [9.17, 15) is 19.7 Å². The molecule has 10 heteroatoms. The van der Waals surface area contributed by atoms with E-state index in [1.54, 1.807) is 48.0 Å². The van der Waals surface area contributed by atoms with Gasteiger partial charge in [0.05, 0.1) is 16.3 Å². The number of nitrogens with zero attached hydrogens (tertiary/aromatic N) is 4. The molecule has 0 saturated carbocycles. The van der Waals surface area contributed by atoms with E-state index in [2.05, 4.69) is 5.32 Å². The fraction of sp³-hybridized carbons (Fsp3) is 0.393. The zero-order valence-corrected chi connectivity index (χ0v) is 23.4. The van der Waals surface area contributed by atoms with Crippen LogP contribution in [0.1, 0.15) is 62.7 Å². The number of hydrogen-bond donors (Lipinski definition) is 1. The molecule has 1 aromatic heterocycles. The second-order valence-electron chi connectivity index (χ2n) is 10.8. The van der Waals surface area contributed by atoms with E-state index in [1.807, 2.05) is 40.7 Å². The van der Waals surface area contributed by atoms with E-state index in [0.717, 1.165) is 11.4 Å². The van der Waals surface area contributed by atoms with Crippen LogP contribution in [0.4, 0.5) is 11.5 Å². The van der Waals surface area contributed by atoms with Gasteiger partial charge in [0.2, 0.25) is 5.91 Å². The Morgan fingerprint density at radius 2 is 1.79 bits per heavy atom. The van der Waals surface area contributed by atoms with Crippen LogP contribution in [-0.4, -0.2) is 44.5 Å². The molecular weight excluding hydrogens is 506 g/mol. The van der Waals surface area contributed by atoms with Crippen molar-refractivity contribution in [3.8, 4) is 5.69 Å². The highest BCUT2D eigenvalue weighted by Gasteiger charge is 2.25. The number of aryl methyl sites for hydroxylation is 1. The van der Waals surface area contributed by atoms with Crippen LogP contribution in [0.2, 0.25) is 5.02 Å². The summed E-state index contributed by atoms with van der Waals surface area (Å²) in [5.41, 5.74) is 1.73. The van der Waals surface area contributed by atoms with Gasteiger partial charge in [0.1, 0.15) is 12.4 Å². The van der Waals surface area contributed by atoms with E-state index < -0.39 is 16.7 Å². The third-order valence-electron chi connectivity index (χ3n) is 6.07. The first-order chi connectivity index (χ1) is 17.8. The summed E-state index contributed by atoms with van der Waals surface area (Å²) in [5.74, 6) is -0.0874. The number of carbonyl (C=O) groups is 2. The Kier molecular flexibility index (Phi) is 8.93. The first-order valence-electron chi connectivity index (χ1n) is 12.5. The van der Waals surface area contributed by atoms with E-state index in [1.165, 1.54) is 11.0 Å². The van der Waals surface area contributed by atoms with Gasteiger partial charge in [0.25, 0.3) is 11.6 Å². The third kappa shape index (κ3) is 7.19. The predicted octanol–water partition coefficient (Wildman–Crippen LogP) is 6.17. The summed E-state index contributed by atoms with van der Waals surface area (Å²) >= 11 is 6.05. The predicted molar refractivity (Wildman–Crippen MR) is 149 cm³/mol. The highest BCUT2D eigenvalue weighted by atomic mass is 35.5. The Balaban J connectivity index is 1.89. The average molecular weight is 540 g/mol. The summed E-state index contributed by atoms with van der Waals surface area (Å²) in [4.78, 5) is 39.0. The van der Waals surface area contributed by atoms with E-state index in [0.29, 0.717) is 35.3 Å². The quantitative estimate of drug-likeness (QED) is 0.258. The first kappa shape index (κ1) is 28.8. The molecule has 1 N–H and O–H groups in total. The monoisotopic (exact) mass is 539 g/mol. The lowest BCUT2D eigenvalue weighted by molar-refractivity contribution is -0.385. The number of nitro benzene ring substituents is 1. The molecule has 0 spiro atoms. The van der Waals surface area contributed by atoms with E-state index >= 15 is 0 Å². The maximum Gasteiger partial charge on any atom is 0.273 e. The van der Waals surface area contributed by atoms with Gasteiger partial charge >= 0.3 is 0 Å². The number of nitrogens with one attached hydrogen (secondary N) is 1. The lowest BCUT2D eigenvalue weighted by atomic mass is 9.92. The van der Waals surface area contributed by atoms with Crippen LogP contribution in [0.15, 0.2) is 48.5 Å². The number of aromatic nitrogens is 2. The van der Waals surface area contributed by atoms with Crippen LogP contribution in [-0.2, 0) is 10.2 Å². The van der Waals surface area contributed by atoms with Crippen molar-refractivity contribution in [2.24, 2.45) is 5.92 Å². The lowest BCUT2D eigenvalue weighted by Crippen LogP contribution is -2.39. The molecule has 0 unspecified atom stereocenters. The minimum atomic E-state index is -0.512. The lowest BCUT2D eigenvalue weighted by Gasteiger charge is -2.23. The number of rotatable bonds is 9. The molecule has 0 radical (unpaired) electrons. The largest absolute Gasteiger partial charge is 0.329 e. The van der Waals surface area contributed by atoms with Gasteiger partial charge < -0.3 is 10.2 Å². The fourth-order valence-corrected chi connectivity index (χ4v) is 3.89. The Morgan fingerprint density at radius 1 is 1.13 bits per heavy atom. The van der Waals surface area contributed by atoms with Crippen molar-refractivity contribution in [2.75, 3.05) is 18.4 Å². The number of amides is 2. The summed E-state index contributed by atoms with van der Waals surface area (Å²) in [5, 5.41) is 19.6. The number of benzene rings is 2. The summed E-state index contributed by atoms with van der Waals surface area (Å²) in [6.07, 6.45) is 0.670. The SMILES string of the molecule is Cc1ccc(C(=O)N(CCC(C)C)CC(=O)Nc2cc(C(C)(C)C)nn2-c2ccc(Cl)cc2)cc1[N+](=O)[O-]. The van der Waals surface area contributed by atoms with Gasteiger partial charge in [0, 0.05) is 40.2 Å². The number of nitro groups is 1. The van der Waals surface area contributed by atoms with Gasteiger partial charge in [0.15, 0.2) is 0 Å². The molecular formula is C28H34ClN5O4. The molecule has 0 aliphatic heterocycles. The average Bonchev–Trinajstić information content (AvgIpc) is 3.26. The molecule has 0 aliphatic rings. The highest BCUT2D eigenvalue weighted by Crippen LogP contribution is 2.27. The topological polar surface area (TPSA) is 110 Å². The van der Waals surface area contributed by atoms with E-state index in [4.69, 9.17) is 16.7 Å². The molecule has 0 atom stereocenters. The highest BCUT2D eigenvalue weighted by molar-refractivity contribution is 6.30. The van der Waals surface area contributed by atoms with Crippen molar-refractivity contribution in [1.29, 1.82) is 0 Å². The Hall–Kier alpha value is -3.72. The maximum absolute atomic E-state index is 13.4. The summed E-state index contributed by atoms with van der Waals surface area (Å²) in [6.45, 7) is 11.9. The van der Waals surface area contributed by atoms with Crippen molar-refractivity contribution in [3.05, 3.63) is 80.5 Å². The minimum absolute atomic E-state index is 0.134. The van der Waals surface area contributed by atoms with E-state index in [-0.39, 0.29) is 23.2 Å². The van der Waals surface area contributed by atoms with Gasteiger partial charge in [-0.05, 0) is 49.6 Å². The van der Waals surface area contributed by atoms with Crippen LogP contribution in [0.5, 0.6) is 0 Å². The van der Waals surface area contributed by atoms with Crippen LogP contribution in [0.25, 0.3) is 5.69 Å². The maximum atomic E-state index is 13.4. The van der Waals surface area contributed by atoms with Crippen molar-refractivity contribution in [3.63, 3.8) is 0 Å². The zero-order valence-electron chi connectivity index (χ0n) is 22.6. The molecule has 3 rings (SSSR count). The molecule has 0 saturated heterocycles. The number of hydrogen-bond acceptors (Lipinski definition) is 5. The Bertz CT molecular complexity index is 1330. The number of carbonyl (C=O) groups excluding carboxylic acids is 2. The van der Waals surface area contributed by atoms with Crippen molar-refractivity contribution < 1.29 is 14.5 Å². The van der Waals surface area contributed by atoms with Gasteiger partial charge in [-0.1, -0.05) is 52.3 Å². The van der Waals surface area contributed by atoms with Crippen LogP contribution < -0.4 is 5.32 Å². The molecule has 2 aromatic carbocycles. The molecule has 0 aliphatic carbocycles. The minimum Gasteiger partial charge on any atom is -0.329 e. The number of halogens is 1.